The summed E-state index contributed by atoms with van der Waals surface area (Å²) in [7, 11) is 0. The molecule has 0 bridgehead atoms. The molecule has 2 fully saturated rings. The van der Waals surface area contributed by atoms with Gasteiger partial charge in [-0.1, -0.05) is 13.8 Å². The van der Waals surface area contributed by atoms with Crippen LogP contribution in [0.4, 0.5) is 0 Å². The van der Waals surface area contributed by atoms with Crippen LogP contribution >= 0.6 is 0 Å². The molecular formula is C15H28N2O. The number of likely N-dealkylation sites (tertiary alicyclic amines) is 1. The Morgan fingerprint density at radius 2 is 1.83 bits per heavy atom. The van der Waals surface area contributed by atoms with Crippen molar-refractivity contribution in [2.24, 2.45) is 10.8 Å². The molecule has 2 aliphatic rings. The van der Waals surface area contributed by atoms with Crippen molar-refractivity contribution < 1.29 is 4.79 Å². The summed E-state index contributed by atoms with van der Waals surface area (Å²) in [4.78, 5) is 14.9. The average Bonchev–Trinajstić information content (AvgIpc) is 2.50. The van der Waals surface area contributed by atoms with E-state index >= 15 is 0 Å². The summed E-state index contributed by atoms with van der Waals surface area (Å²) in [5.74, 6) is 0.382. The van der Waals surface area contributed by atoms with Gasteiger partial charge >= 0.3 is 0 Å². The van der Waals surface area contributed by atoms with Crippen LogP contribution in [-0.4, -0.2) is 37.0 Å². The number of hydrogen-bond acceptors (Lipinski definition) is 2. The molecule has 2 rings (SSSR count). The molecule has 1 amide bonds. The summed E-state index contributed by atoms with van der Waals surface area (Å²) in [6, 6.07) is 0. The molecule has 1 atom stereocenters. The fourth-order valence-electron chi connectivity index (χ4n) is 3.25. The summed E-state index contributed by atoms with van der Waals surface area (Å²) >= 11 is 0. The van der Waals surface area contributed by atoms with E-state index in [-0.39, 0.29) is 5.41 Å². The van der Waals surface area contributed by atoms with Crippen LogP contribution in [0.5, 0.6) is 0 Å². The molecule has 2 heterocycles. The Hall–Kier alpha value is -0.570. The highest BCUT2D eigenvalue weighted by atomic mass is 16.2. The van der Waals surface area contributed by atoms with Crippen LogP contribution in [0.3, 0.4) is 0 Å². The second kappa shape index (κ2) is 5.20. The third-order valence-electron chi connectivity index (χ3n) is 4.74. The number of nitrogens with zero attached hydrogens (tertiary/aromatic N) is 1. The minimum absolute atomic E-state index is 0.160. The highest BCUT2D eigenvalue weighted by Gasteiger charge is 2.38. The topological polar surface area (TPSA) is 32.3 Å². The van der Waals surface area contributed by atoms with Crippen LogP contribution in [0.1, 0.15) is 52.9 Å². The van der Waals surface area contributed by atoms with Crippen LogP contribution in [0.15, 0.2) is 0 Å². The van der Waals surface area contributed by atoms with Crippen molar-refractivity contribution in [2.75, 3.05) is 26.2 Å². The quantitative estimate of drug-likeness (QED) is 0.777. The van der Waals surface area contributed by atoms with E-state index in [0.717, 1.165) is 51.9 Å². The van der Waals surface area contributed by atoms with Crippen molar-refractivity contribution in [1.29, 1.82) is 0 Å². The molecule has 3 nitrogen and oxygen atoms in total. The molecule has 18 heavy (non-hydrogen) atoms. The van der Waals surface area contributed by atoms with E-state index in [1.54, 1.807) is 0 Å². The van der Waals surface area contributed by atoms with Gasteiger partial charge in [0.25, 0.3) is 0 Å². The van der Waals surface area contributed by atoms with Gasteiger partial charge in [-0.3, -0.25) is 4.79 Å². The minimum Gasteiger partial charge on any atom is -0.342 e. The first kappa shape index (κ1) is 13.9. The molecule has 0 aliphatic carbocycles. The second-order valence-electron chi connectivity index (χ2n) is 7.15. The maximum atomic E-state index is 12.7. The first-order chi connectivity index (χ1) is 8.43. The molecular weight excluding hydrogens is 224 g/mol. The van der Waals surface area contributed by atoms with Crippen molar-refractivity contribution in [3.8, 4) is 0 Å². The first-order valence-electron chi connectivity index (χ1n) is 7.43. The first-order valence-corrected chi connectivity index (χ1v) is 7.43. The predicted octanol–water partition coefficient (Wildman–Crippen LogP) is 2.41. The maximum absolute atomic E-state index is 12.7. The average molecular weight is 252 g/mol. The Bertz CT molecular complexity index is 306. The maximum Gasteiger partial charge on any atom is 0.229 e. The number of piperidine rings is 1. The fourth-order valence-corrected chi connectivity index (χ4v) is 3.25. The number of hydrogen-bond donors (Lipinski definition) is 1. The van der Waals surface area contributed by atoms with Crippen LogP contribution in [0, 0.1) is 10.8 Å². The van der Waals surface area contributed by atoms with Crippen molar-refractivity contribution in [3.63, 3.8) is 0 Å². The molecule has 1 unspecified atom stereocenters. The third-order valence-corrected chi connectivity index (χ3v) is 4.74. The van der Waals surface area contributed by atoms with E-state index in [2.05, 4.69) is 31.0 Å². The van der Waals surface area contributed by atoms with E-state index in [0.29, 0.717) is 11.3 Å². The Morgan fingerprint density at radius 3 is 2.50 bits per heavy atom. The number of nitrogens with one attached hydrogen (secondary N) is 1. The zero-order valence-electron chi connectivity index (χ0n) is 12.2. The molecule has 2 saturated heterocycles. The van der Waals surface area contributed by atoms with E-state index in [9.17, 15) is 4.79 Å². The Labute approximate surface area is 111 Å². The van der Waals surface area contributed by atoms with Crippen LogP contribution in [0.25, 0.3) is 0 Å². The summed E-state index contributed by atoms with van der Waals surface area (Å²) in [5, 5.41) is 3.38. The third kappa shape index (κ3) is 3.05. The highest BCUT2D eigenvalue weighted by Crippen LogP contribution is 2.33. The normalized spacial score (nSPS) is 32.9. The lowest BCUT2D eigenvalue weighted by Gasteiger charge is -2.37. The van der Waals surface area contributed by atoms with Crippen molar-refractivity contribution in [2.45, 2.75) is 52.9 Å². The number of rotatable bonds is 1. The van der Waals surface area contributed by atoms with Crippen LogP contribution < -0.4 is 5.32 Å². The lowest BCUT2D eigenvalue weighted by Crippen LogP contribution is -2.50. The fraction of sp³-hybridized carbons (Fsp3) is 0.933. The largest absolute Gasteiger partial charge is 0.342 e. The van der Waals surface area contributed by atoms with E-state index in [1.807, 2.05) is 0 Å². The van der Waals surface area contributed by atoms with Gasteiger partial charge < -0.3 is 10.2 Å². The lowest BCUT2D eigenvalue weighted by molar-refractivity contribution is -0.142. The molecule has 0 aromatic rings. The Kier molecular flexibility index (Phi) is 4.00. The number of amides is 1. The van der Waals surface area contributed by atoms with Gasteiger partial charge in [-0.05, 0) is 51.0 Å². The SMILES string of the molecule is CC1(C)CCCN(C(=O)C2(C)CCCNC2)CC1. The van der Waals surface area contributed by atoms with Gasteiger partial charge in [0.15, 0.2) is 0 Å². The minimum atomic E-state index is -0.160. The van der Waals surface area contributed by atoms with Gasteiger partial charge in [0, 0.05) is 19.6 Å². The van der Waals surface area contributed by atoms with Gasteiger partial charge in [0.05, 0.1) is 5.41 Å². The van der Waals surface area contributed by atoms with Crippen LogP contribution in [-0.2, 0) is 4.79 Å². The van der Waals surface area contributed by atoms with Gasteiger partial charge in [0.2, 0.25) is 5.91 Å². The highest BCUT2D eigenvalue weighted by molar-refractivity contribution is 5.82. The monoisotopic (exact) mass is 252 g/mol. The van der Waals surface area contributed by atoms with Gasteiger partial charge in [-0.2, -0.15) is 0 Å². The molecule has 104 valence electrons. The standard InChI is InChI=1S/C15H28N2O/c1-14(2)6-5-10-17(11-8-14)13(18)15(3)7-4-9-16-12-15/h16H,4-12H2,1-3H3. The van der Waals surface area contributed by atoms with Crippen molar-refractivity contribution >= 4 is 5.91 Å². The van der Waals surface area contributed by atoms with Gasteiger partial charge in [-0.25, -0.2) is 0 Å². The van der Waals surface area contributed by atoms with E-state index in [4.69, 9.17) is 0 Å². The molecule has 0 radical (unpaired) electrons. The van der Waals surface area contributed by atoms with E-state index in [1.165, 1.54) is 6.42 Å². The van der Waals surface area contributed by atoms with Gasteiger partial charge in [-0.15, -0.1) is 0 Å². The lowest BCUT2D eigenvalue weighted by atomic mass is 9.81. The summed E-state index contributed by atoms with van der Waals surface area (Å²) < 4.78 is 0. The Balaban J connectivity index is 2.00. The summed E-state index contributed by atoms with van der Waals surface area (Å²) in [5.41, 5.74) is 0.244. The van der Waals surface area contributed by atoms with E-state index < -0.39 is 0 Å². The number of carbonyl (C=O) groups excluding carboxylic acids is 1. The molecule has 1 N–H and O–H groups in total. The summed E-state index contributed by atoms with van der Waals surface area (Å²) in [6.45, 7) is 10.6. The Morgan fingerprint density at radius 1 is 1.06 bits per heavy atom. The molecule has 2 aliphatic heterocycles. The van der Waals surface area contributed by atoms with Crippen molar-refractivity contribution in [1.82, 2.24) is 10.2 Å². The summed E-state index contributed by atoms with van der Waals surface area (Å²) in [6.07, 6.45) is 5.70. The molecule has 0 aromatic heterocycles. The predicted molar refractivity (Wildman–Crippen MR) is 74.4 cm³/mol. The van der Waals surface area contributed by atoms with Gasteiger partial charge in [0.1, 0.15) is 0 Å². The molecule has 0 aromatic carbocycles. The van der Waals surface area contributed by atoms with Crippen LogP contribution in [0.2, 0.25) is 0 Å². The molecule has 0 spiro atoms. The smallest absolute Gasteiger partial charge is 0.229 e. The number of carbonyl (C=O) groups is 1. The van der Waals surface area contributed by atoms with Crippen molar-refractivity contribution in [3.05, 3.63) is 0 Å². The zero-order chi connectivity index (χ0) is 13.2. The molecule has 3 heteroatoms. The molecule has 0 saturated carbocycles. The second-order valence-corrected chi connectivity index (χ2v) is 7.15. The zero-order valence-corrected chi connectivity index (χ0v) is 12.2.